The van der Waals surface area contributed by atoms with Crippen molar-refractivity contribution < 1.29 is 31.2 Å². The van der Waals surface area contributed by atoms with Gasteiger partial charge >= 0.3 is 5.97 Å². The fourth-order valence-corrected chi connectivity index (χ4v) is 6.29. The molecule has 0 aliphatic carbocycles. The third kappa shape index (κ3) is 5.50. The molecule has 1 aromatic heterocycles. The first-order valence-electron chi connectivity index (χ1n) is 9.49. The van der Waals surface area contributed by atoms with Gasteiger partial charge in [0.15, 0.2) is 12.4 Å². The molecule has 168 valence electrons. The fraction of sp³-hybridized carbons (Fsp3) is 0.368. The molecule has 2 heterocycles. The number of thiophene rings is 1. The van der Waals surface area contributed by atoms with E-state index in [9.17, 15) is 26.4 Å². The largest absolute Gasteiger partial charge is 0.457 e. The zero-order valence-corrected chi connectivity index (χ0v) is 19.2. The molecule has 0 bridgehead atoms. The normalized spacial score (nSPS) is 13.8. The molecule has 1 N–H and O–H groups in total. The second-order valence-corrected chi connectivity index (χ2v) is 11.9. The van der Waals surface area contributed by atoms with Crippen LogP contribution >= 0.6 is 11.3 Å². The molecule has 1 aliphatic heterocycles. The molecule has 31 heavy (non-hydrogen) atoms. The highest BCUT2D eigenvalue weighted by Gasteiger charge is 2.28. The third-order valence-corrected chi connectivity index (χ3v) is 9.34. The highest BCUT2D eigenvalue weighted by atomic mass is 32.2. The summed E-state index contributed by atoms with van der Waals surface area (Å²) in [4.78, 5) is 24.2. The summed E-state index contributed by atoms with van der Waals surface area (Å²) < 4.78 is 57.0. The van der Waals surface area contributed by atoms with E-state index >= 15 is 0 Å². The second-order valence-electron chi connectivity index (χ2n) is 6.73. The number of esters is 1. The average Bonchev–Trinajstić information content (AvgIpc) is 3.42. The Morgan fingerprint density at radius 2 is 1.97 bits per heavy atom. The van der Waals surface area contributed by atoms with E-state index in [1.165, 1.54) is 16.4 Å². The smallest absolute Gasteiger partial charge is 0.307 e. The van der Waals surface area contributed by atoms with E-state index in [2.05, 4.69) is 4.72 Å². The minimum absolute atomic E-state index is 0.00738. The van der Waals surface area contributed by atoms with E-state index in [-0.39, 0.29) is 22.9 Å². The first kappa shape index (κ1) is 23.4. The van der Waals surface area contributed by atoms with Crippen LogP contribution in [0.3, 0.4) is 0 Å². The molecular weight excluding hydrogens is 464 g/mol. The lowest BCUT2D eigenvalue weighted by Crippen LogP contribution is -2.30. The number of nitrogens with zero attached hydrogens (tertiary/aromatic N) is 1. The van der Waals surface area contributed by atoms with Crippen LogP contribution in [0.1, 0.15) is 29.3 Å². The first-order valence-corrected chi connectivity index (χ1v) is 13.5. The van der Waals surface area contributed by atoms with Crippen LogP contribution in [-0.4, -0.2) is 54.0 Å². The lowest BCUT2D eigenvalue weighted by atomic mass is 10.1. The Labute approximate surface area is 185 Å². The van der Waals surface area contributed by atoms with Crippen LogP contribution in [0.15, 0.2) is 39.9 Å². The number of Topliss-reactive ketones (excluding diaryl/α,β-unsaturated/α-hetero) is 1. The SMILES string of the molecule is CCS(=O)(=O)N1CCc2cc(C(=O)COC(=O)CCNS(=O)(=O)c3cccs3)ccc21. The van der Waals surface area contributed by atoms with Gasteiger partial charge in [-0.15, -0.1) is 11.3 Å². The standard InChI is InChI=1S/C19H22N2O7S3/c1-2-30(24,25)21-10-8-14-12-15(5-6-16(14)21)17(22)13-28-18(23)7-9-20-31(26,27)19-4-3-11-29-19/h3-6,11-12,20H,2,7-10,13H2,1H3. The number of fused-ring (bicyclic) bond motifs is 1. The number of rotatable bonds is 10. The van der Waals surface area contributed by atoms with E-state index < -0.39 is 38.4 Å². The maximum atomic E-state index is 12.4. The Balaban J connectivity index is 1.50. The molecule has 0 atom stereocenters. The van der Waals surface area contributed by atoms with Gasteiger partial charge in [0.2, 0.25) is 20.0 Å². The molecule has 0 spiro atoms. The Hall–Kier alpha value is -2.28. The minimum Gasteiger partial charge on any atom is -0.457 e. The van der Waals surface area contributed by atoms with Crippen molar-refractivity contribution in [1.82, 2.24) is 4.72 Å². The summed E-state index contributed by atoms with van der Waals surface area (Å²) in [5.41, 5.74) is 1.63. The molecule has 0 unspecified atom stereocenters. The van der Waals surface area contributed by atoms with Crippen LogP contribution < -0.4 is 9.03 Å². The number of hydrogen-bond acceptors (Lipinski definition) is 8. The number of benzene rings is 1. The van der Waals surface area contributed by atoms with Crippen molar-refractivity contribution in [2.75, 3.05) is 29.8 Å². The van der Waals surface area contributed by atoms with Crippen molar-refractivity contribution in [2.24, 2.45) is 0 Å². The van der Waals surface area contributed by atoms with Gasteiger partial charge in [-0.1, -0.05) is 6.07 Å². The average molecular weight is 487 g/mol. The van der Waals surface area contributed by atoms with E-state index in [1.54, 1.807) is 30.5 Å². The van der Waals surface area contributed by atoms with E-state index in [0.29, 0.717) is 24.2 Å². The van der Waals surface area contributed by atoms with Crippen LogP contribution in [-0.2, 0) is 36.0 Å². The number of ether oxygens (including phenoxy) is 1. The van der Waals surface area contributed by atoms with Crippen LogP contribution in [0.5, 0.6) is 0 Å². The molecule has 3 rings (SSSR count). The van der Waals surface area contributed by atoms with E-state index in [4.69, 9.17) is 4.74 Å². The highest BCUT2D eigenvalue weighted by molar-refractivity contribution is 7.92. The minimum atomic E-state index is -3.66. The van der Waals surface area contributed by atoms with Gasteiger partial charge in [-0.3, -0.25) is 13.9 Å². The zero-order valence-electron chi connectivity index (χ0n) is 16.7. The zero-order chi connectivity index (χ0) is 22.6. The van der Waals surface area contributed by atoms with Gasteiger partial charge in [0, 0.05) is 18.7 Å². The first-order chi connectivity index (χ1) is 14.6. The number of carbonyl (C=O) groups excluding carboxylic acids is 2. The molecule has 1 aliphatic rings. The monoisotopic (exact) mass is 486 g/mol. The van der Waals surface area contributed by atoms with Gasteiger partial charge < -0.3 is 4.74 Å². The van der Waals surface area contributed by atoms with E-state index in [1.807, 2.05) is 0 Å². The maximum absolute atomic E-state index is 12.4. The van der Waals surface area contributed by atoms with Crippen LogP contribution in [0.2, 0.25) is 0 Å². The van der Waals surface area contributed by atoms with E-state index in [0.717, 1.165) is 16.9 Å². The summed E-state index contributed by atoms with van der Waals surface area (Å²) in [7, 11) is -7.03. The Morgan fingerprint density at radius 3 is 2.65 bits per heavy atom. The van der Waals surface area contributed by atoms with Crippen molar-refractivity contribution in [3.8, 4) is 0 Å². The van der Waals surface area contributed by atoms with Gasteiger partial charge in [-0.05, 0) is 48.6 Å². The van der Waals surface area contributed by atoms with Crippen molar-refractivity contribution >= 4 is 48.8 Å². The summed E-state index contributed by atoms with van der Waals surface area (Å²) in [5, 5.41) is 1.63. The number of anilines is 1. The van der Waals surface area contributed by atoms with Gasteiger partial charge in [0.05, 0.1) is 17.9 Å². The molecule has 1 aromatic carbocycles. The topological polar surface area (TPSA) is 127 Å². The second kappa shape index (κ2) is 9.47. The van der Waals surface area contributed by atoms with Gasteiger partial charge in [0.1, 0.15) is 4.21 Å². The molecule has 12 heteroatoms. The summed E-state index contributed by atoms with van der Waals surface area (Å²) in [6.07, 6.45) is 0.283. The van der Waals surface area contributed by atoms with Crippen LogP contribution in [0, 0.1) is 0 Å². The predicted molar refractivity (Wildman–Crippen MR) is 116 cm³/mol. The number of nitrogens with one attached hydrogen (secondary N) is 1. The van der Waals surface area contributed by atoms with Gasteiger partial charge in [-0.2, -0.15) is 0 Å². The van der Waals surface area contributed by atoms with Crippen LogP contribution in [0.4, 0.5) is 5.69 Å². The number of ketones is 1. The Bertz CT molecular complexity index is 1170. The number of sulfonamides is 2. The summed E-state index contributed by atoms with van der Waals surface area (Å²) in [6.45, 7) is 1.28. The Kier molecular flexibility index (Phi) is 7.14. The summed E-state index contributed by atoms with van der Waals surface area (Å²) >= 11 is 1.06. The summed E-state index contributed by atoms with van der Waals surface area (Å²) in [5.74, 6) is -1.14. The lowest BCUT2D eigenvalue weighted by molar-refractivity contribution is -0.142. The predicted octanol–water partition coefficient (Wildman–Crippen LogP) is 1.55. The lowest BCUT2D eigenvalue weighted by Gasteiger charge is -2.18. The Morgan fingerprint density at radius 1 is 1.19 bits per heavy atom. The third-order valence-electron chi connectivity index (χ3n) is 4.70. The quantitative estimate of drug-likeness (QED) is 0.399. The fourth-order valence-electron chi connectivity index (χ4n) is 3.07. The van der Waals surface area contributed by atoms with Crippen molar-refractivity contribution in [1.29, 1.82) is 0 Å². The van der Waals surface area contributed by atoms with Crippen molar-refractivity contribution in [3.05, 3.63) is 46.8 Å². The van der Waals surface area contributed by atoms with Crippen molar-refractivity contribution in [2.45, 2.75) is 24.0 Å². The number of hydrogen-bond donors (Lipinski definition) is 1. The number of carbonyl (C=O) groups is 2. The molecule has 0 saturated heterocycles. The molecule has 0 radical (unpaired) electrons. The molecule has 0 fully saturated rings. The highest BCUT2D eigenvalue weighted by Crippen LogP contribution is 2.31. The molecular formula is C19H22N2O7S3. The molecule has 0 saturated carbocycles. The molecule has 0 amide bonds. The molecule has 2 aromatic rings. The molecule has 9 nitrogen and oxygen atoms in total. The maximum Gasteiger partial charge on any atom is 0.307 e. The van der Waals surface area contributed by atoms with Gasteiger partial charge in [0.25, 0.3) is 0 Å². The summed E-state index contributed by atoms with van der Waals surface area (Å²) in [6, 6.07) is 7.78. The van der Waals surface area contributed by atoms with Gasteiger partial charge in [-0.25, -0.2) is 21.6 Å². The van der Waals surface area contributed by atoms with Crippen LogP contribution in [0.25, 0.3) is 0 Å². The van der Waals surface area contributed by atoms with Crippen molar-refractivity contribution in [3.63, 3.8) is 0 Å².